The topological polar surface area (TPSA) is 103 Å². The van der Waals surface area contributed by atoms with Crippen LogP contribution in [0.1, 0.15) is 49.9 Å². The van der Waals surface area contributed by atoms with Crippen LogP contribution in [-0.4, -0.2) is 39.9 Å². The third-order valence-electron chi connectivity index (χ3n) is 17.8. The first-order valence-electron chi connectivity index (χ1n) is 29.9. The fraction of sp³-hybridized carbons (Fsp3) is 0.0750. The van der Waals surface area contributed by atoms with E-state index >= 15 is 0 Å². The molecule has 0 radical (unpaired) electrons. The minimum Gasteiger partial charge on any atom is -0.227 e. The van der Waals surface area contributed by atoms with Gasteiger partial charge in [-0.25, -0.2) is 39.9 Å². The summed E-state index contributed by atoms with van der Waals surface area (Å²) in [6, 6.07) is 93.4. The molecule has 3 heterocycles. The lowest BCUT2D eigenvalue weighted by atomic mass is 9.81. The molecule has 0 saturated carbocycles. The van der Waals surface area contributed by atoms with Gasteiger partial charge in [0.15, 0.2) is 40.8 Å². The molecule has 88 heavy (non-hydrogen) atoms. The lowest BCUT2D eigenvalue weighted by Crippen LogP contribution is -2.15. The highest BCUT2D eigenvalue weighted by atomic mass is 15.0. The Morgan fingerprint density at radius 1 is 0.205 bits per heavy atom. The van der Waals surface area contributed by atoms with E-state index in [1.807, 2.05) is 121 Å². The van der Waals surface area contributed by atoms with Crippen molar-refractivity contribution < 1.29 is 0 Å². The smallest absolute Gasteiger partial charge is 0.164 e. The number of hydrogen-bond acceptors (Lipinski definition) is 8. The molecule has 8 heteroatoms. The zero-order valence-corrected chi connectivity index (χ0v) is 49.0. The lowest BCUT2D eigenvalue weighted by Gasteiger charge is -2.23. The minimum atomic E-state index is -0.227. The van der Waals surface area contributed by atoms with Gasteiger partial charge in [-0.05, 0) is 85.5 Å². The normalized spacial score (nSPS) is 13.2. The monoisotopic (exact) mass is 1130 g/mol. The standard InChI is InChI=1S/C80H56N8/c1-79(2)66-31-19-17-29-60(66)62-43-41-57(47-68(62)79)59-45-64(58-42-44-63-61-30-18-20-32-67(61)80(3,4)69(63)48-58)71-65(46-59)70(49-33-35-55(36-34-49)77-85-73(50-21-9-5-10-22-50)83-74(86-77)51-23-11-6-12-24-51)81-72(82-71)54-37-39-56(40-38-54)78-87-75(52-25-13-7-14-26-52)84-76(88-78)53-27-15-8-16-28-53/h5-48H,1-4H3. The third kappa shape index (κ3) is 8.99. The van der Waals surface area contributed by atoms with Gasteiger partial charge in [0.25, 0.3) is 0 Å². The van der Waals surface area contributed by atoms with Crippen LogP contribution in [0.5, 0.6) is 0 Å². The Labute approximate surface area is 511 Å². The Bertz CT molecular complexity index is 4930. The van der Waals surface area contributed by atoms with Crippen LogP contribution in [0, 0.1) is 0 Å². The van der Waals surface area contributed by atoms with Crippen LogP contribution in [0.15, 0.2) is 267 Å². The largest absolute Gasteiger partial charge is 0.227 e. The molecular formula is C80H56N8. The van der Waals surface area contributed by atoms with Gasteiger partial charge < -0.3 is 0 Å². The van der Waals surface area contributed by atoms with Crippen molar-refractivity contribution in [2.24, 2.45) is 0 Å². The predicted molar refractivity (Wildman–Crippen MR) is 356 cm³/mol. The van der Waals surface area contributed by atoms with Crippen molar-refractivity contribution in [3.8, 4) is 135 Å². The minimum absolute atomic E-state index is 0.192. The Morgan fingerprint density at radius 3 is 0.920 bits per heavy atom. The molecule has 14 aromatic rings. The molecule has 0 amide bonds. The molecule has 0 fully saturated rings. The second-order valence-electron chi connectivity index (χ2n) is 23.9. The molecule has 16 rings (SSSR count). The van der Waals surface area contributed by atoms with Crippen LogP contribution < -0.4 is 0 Å². The molecule has 11 aromatic carbocycles. The highest BCUT2D eigenvalue weighted by Gasteiger charge is 2.37. The molecule has 2 aliphatic rings. The van der Waals surface area contributed by atoms with Gasteiger partial charge in [0.1, 0.15) is 0 Å². The highest BCUT2D eigenvalue weighted by Crippen LogP contribution is 2.52. The average molecular weight is 1130 g/mol. The van der Waals surface area contributed by atoms with Gasteiger partial charge in [-0.15, -0.1) is 0 Å². The Kier molecular flexibility index (Phi) is 12.4. The lowest BCUT2D eigenvalue weighted by molar-refractivity contribution is 0.660. The molecule has 0 aliphatic heterocycles. The molecule has 0 unspecified atom stereocenters. The molecule has 416 valence electrons. The van der Waals surface area contributed by atoms with E-state index in [-0.39, 0.29) is 10.8 Å². The van der Waals surface area contributed by atoms with E-state index in [0.717, 1.165) is 83.4 Å². The third-order valence-corrected chi connectivity index (χ3v) is 17.8. The van der Waals surface area contributed by atoms with Crippen LogP contribution >= 0.6 is 0 Å². The summed E-state index contributed by atoms with van der Waals surface area (Å²) < 4.78 is 0. The van der Waals surface area contributed by atoms with E-state index in [1.54, 1.807) is 0 Å². The molecule has 3 aromatic heterocycles. The molecule has 0 atom stereocenters. The summed E-state index contributed by atoms with van der Waals surface area (Å²) in [6.45, 7) is 9.38. The summed E-state index contributed by atoms with van der Waals surface area (Å²) >= 11 is 0. The second-order valence-corrected chi connectivity index (χ2v) is 23.9. The van der Waals surface area contributed by atoms with Crippen molar-refractivity contribution in [1.82, 2.24) is 39.9 Å². The van der Waals surface area contributed by atoms with Crippen LogP contribution in [-0.2, 0) is 10.8 Å². The summed E-state index contributed by atoms with van der Waals surface area (Å²) in [5, 5.41) is 0.927. The first-order valence-corrected chi connectivity index (χ1v) is 29.9. The molecule has 0 bridgehead atoms. The van der Waals surface area contributed by atoms with E-state index in [9.17, 15) is 0 Å². The van der Waals surface area contributed by atoms with Crippen molar-refractivity contribution in [1.29, 1.82) is 0 Å². The Hall–Kier alpha value is -11.2. The van der Waals surface area contributed by atoms with Crippen molar-refractivity contribution in [3.05, 3.63) is 289 Å². The maximum absolute atomic E-state index is 5.69. The van der Waals surface area contributed by atoms with Gasteiger partial charge in [0, 0.05) is 66.3 Å². The SMILES string of the molecule is CC1(C)c2ccccc2-c2ccc(-c3cc(-c4ccc5c(c4)C(C)(C)c4ccccc4-5)c4nc(-c5ccc(-c6nc(-c7ccccc7)nc(-c7ccccc7)n6)cc5)nc(-c5ccc(-c6nc(-c7ccccc7)nc(-c7ccccc7)n6)cc5)c4c3)cc21. The first-order chi connectivity index (χ1) is 43.1. The Balaban J connectivity index is 0.900. The summed E-state index contributed by atoms with van der Waals surface area (Å²) in [4.78, 5) is 41.6. The van der Waals surface area contributed by atoms with Crippen molar-refractivity contribution in [3.63, 3.8) is 0 Å². The van der Waals surface area contributed by atoms with Crippen LogP contribution in [0.2, 0.25) is 0 Å². The highest BCUT2D eigenvalue weighted by molar-refractivity contribution is 6.05. The Morgan fingerprint density at radius 2 is 0.511 bits per heavy atom. The van der Waals surface area contributed by atoms with E-state index in [4.69, 9.17) is 39.9 Å². The molecular weight excluding hydrogens is 1070 g/mol. The number of hydrogen-bond donors (Lipinski definition) is 0. The maximum Gasteiger partial charge on any atom is 0.164 e. The van der Waals surface area contributed by atoms with Crippen molar-refractivity contribution in [2.45, 2.75) is 38.5 Å². The molecule has 0 saturated heterocycles. The second kappa shape index (κ2) is 20.8. The van der Waals surface area contributed by atoms with Gasteiger partial charge in [-0.1, -0.05) is 270 Å². The number of fused-ring (bicyclic) bond motifs is 7. The van der Waals surface area contributed by atoms with E-state index in [0.29, 0.717) is 40.8 Å². The van der Waals surface area contributed by atoms with E-state index < -0.39 is 0 Å². The van der Waals surface area contributed by atoms with Gasteiger partial charge >= 0.3 is 0 Å². The summed E-state index contributed by atoms with van der Waals surface area (Å²) in [5.74, 6) is 4.14. The number of benzene rings is 11. The molecule has 8 nitrogen and oxygen atoms in total. The number of rotatable bonds is 10. The van der Waals surface area contributed by atoms with Gasteiger partial charge in [0.05, 0.1) is 11.2 Å². The summed E-state index contributed by atoms with van der Waals surface area (Å²) in [7, 11) is 0. The van der Waals surface area contributed by atoms with E-state index in [2.05, 4.69) is 173 Å². The van der Waals surface area contributed by atoms with Gasteiger partial charge in [-0.3, -0.25) is 0 Å². The number of nitrogens with zero attached hydrogens (tertiary/aromatic N) is 8. The van der Waals surface area contributed by atoms with E-state index in [1.165, 1.54) is 44.5 Å². The van der Waals surface area contributed by atoms with Gasteiger partial charge in [-0.2, -0.15) is 0 Å². The van der Waals surface area contributed by atoms with Crippen molar-refractivity contribution >= 4 is 10.9 Å². The number of aromatic nitrogens is 8. The molecule has 0 N–H and O–H groups in total. The van der Waals surface area contributed by atoms with Crippen molar-refractivity contribution in [2.75, 3.05) is 0 Å². The summed E-state index contributed by atoms with van der Waals surface area (Å²) in [5.41, 5.74) is 23.0. The van der Waals surface area contributed by atoms with Crippen LogP contribution in [0.25, 0.3) is 146 Å². The predicted octanol–water partition coefficient (Wildman–Crippen LogP) is 19.3. The summed E-state index contributed by atoms with van der Waals surface area (Å²) in [6.07, 6.45) is 0. The fourth-order valence-corrected chi connectivity index (χ4v) is 13.1. The molecule has 2 aliphatic carbocycles. The van der Waals surface area contributed by atoms with Crippen LogP contribution in [0.4, 0.5) is 0 Å². The maximum atomic E-state index is 5.69. The average Bonchev–Trinajstić information content (AvgIpc) is 1.56. The fourth-order valence-electron chi connectivity index (χ4n) is 13.1. The van der Waals surface area contributed by atoms with Crippen LogP contribution in [0.3, 0.4) is 0 Å². The zero-order chi connectivity index (χ0) is 59.1. The quantitative estimate of drug-likeness (QED) is 0.133. The zero-order valence-electron chi connectivity index (χ0n) is 49.0. The molecule has 0 spiro atoms. The first kappa shape index (κ1) is 52.3. The van der Waals surface area contributed by atoms with Gasteiger partial charge in [0.2, 0.25) is 0 Å².